The van der Waals surface area contributed by atoms with Crippen molar-refractivity contribution in [3.05, 3.63) is 51.7 Å². The minimum Gasteiger partial charge on any atom is -0.371 e. The van der Waals surface area contributed by atoms with Gasteiger partial charge in [-0.15, -0.1) is 11.3 Å². The van der Waals surface area contributed by atoms with E-state index >= 15 is 0 Å². The van der Waals surface area contributed by atoms with Crippen molar-refractivity contribution in [2.24, 2.45) is 5.92 Å². The molecule has 2 heterocycles. The van der Waals surface area contributed by atoms with Crippen molar-refractivity contribution in [1.82, 2.24) is 5.32 Å². The summed E-state index contributed by atoms with van der Waals surface area (Å²) in [4.78, 5) is 26.6. The smallest absolute Gasteiger partial charge is 0.224 e. The van der Waals surface area contributed by atoms with Gasteiger partial charge in [-0.2, -0.15) is 0 Å². The molecule has 4 nitrogen and oxygen atoms in total. The number of hydrogen-bond donors (Lipinski definition) is 1. The number of benzene rings is 1. The zero-order valence-corrected chi connectivity index (χ0v) is 16.3. The van der Waals surface area contributed by atoms with Crippen molar-refractivity contribution in [2.75, 3.05) is 18.0 Å². The monoisotopic (exact) mass is 370 g/mol. The molecule has 1 amide bonds. The molecule has 1 aromatic heterocycles. The fraction of sp³-hybridized carbons (Fsp3) is 0.429. The Morgan fingerprint density at radius 2 is 2.00 bits per heavy atom. The molecule has 0 aliphatic carbocycles. The molecular formula is C21H26N2O2S. The van der Waals surface area contributed by atoms with Gasteiger partial charge in [0.25, 0.3) is 0 Å². The molecule has 0 unspecified atom stereocenters. The topological polar surface area (TPSA) is 49.4 Å². The number of hydrogen-bond acceptors (Lipinski definition) is 4. The molecule has 1 aliphatic heterocycles. The maximum Gasteiger partial charge on any atom is 0.224 e. The highest BCUT2D eigenvalue weighted by molar-refractivity contribution is 7.12. The fourth-order valence-electron chi connectivity index (χ4n) is 3.35. The van der Waals surface area contributed by atoms with Crippen LogP contribution in [-0.2, 0) is 17.8 Å². The van der Waals surface area contributed by atoms with Gasteiger partial charge in [-0.05, 0) is 60.4 Å². The normalized spacial score (nSPS) is 17.2. The number of thiophene rings is 1. The minimum absolute atomic E-state index is 0.0215. The van der Waals surface area contributed by atoms with E-state index in [0.29, 0.717) is 17.8 Å². The fourth-order valence-corrected chi connectivity index (χ4v) is 4.17. The third-order valence-corrected chi connectivity index (χ3v) is 5.89. The molecular weight excluding hydrogens is 344 g/mol. The van der Waals surface area contributed by atoms with Crippen LogP contribution < -0.4 is 10.2 Å². The summed E-state index contributed by atoms with van der Waals surface area (Å²) in [6.07, 6.45) is 2.89. The average Bonchev–Trinajstić information content (AvgIpc) is 3.09. The predicted octanol–water partition coefficient (Wildman–Crippen LogP) is 4.05. The molecule has 1 aromatic carbocycles. The highest BCUT2D eigenvalue weighted by Gasteiger charge is 2.16. The SMILES string of the molecule is CC(=O)c1cc(CC(=O)NCc2ccc(N3CCC[C@@H](C)C3)cc2)cs1. The van der Waals surface area contributed by atoms with E-state index < -0.39 is 0 Å². The molecule has 0 radical (unpaired) electrons. The van der Waals surface area contributed by atoms with E-state index in [1.165, 1.54) is 29.9 Å². The number of anilines is 1. The summed E-state index contributed by atoms with van der Waals surface area (Å²) in [5, 5.41) is 4.84. The molecule has 3 rings (SSSR count). The molecule has 1 atom stereocenters. The molecule has 1 aliphatic rings. The molecule has 1 saturated heterocycles. The van der Waals surface area contributed by atoms with Gasteiger partial charge in [0.2, 0.25) is 5.91 Å². The lowest BCUT2D eigenvalue weighted by Crippen LogP contribution is -2.34. The highest BCUT2D eigenvalue weighted by Crippen LogP contribution is 2.23. The van der Waals surface area contributed by atoms with Crippen LogP contribution in [0.4, 0.5) is 5.69 Å². The summed E-state index contributed by atoms with van der Waals surface area (Å²) < 4.78 is 0. The van der Waals surface area contributed by atoms with Crippen LogP contribution in [0.1, 0.15) is 47.5 Å². The van der Waals surface area contributed by atoms with Crippen molar-refractivity contribution < 1.29 is 9.59 Å². The van der Waals surface area contributed by atoms with Gasteiger partial charge in [0, 0.05) is 25.3 Å². The van der Waals surface area contributed by atoms with Crippen LogP contribution in [0.3, 0.4) is 0 Å². The standard InChI is InChI=1S/C21H26N2O2S/c1-15-4-3-9-23(13-15)19-7-5-17(6-8-19)12-22-21(25)11-18-10-20(16(2)24)26-14-18/h5-8,10,14-15H,3-4,9,11-13H2,1-2H3,(H,22,25)/t15-/m1/s1. The minimum atomic E-state index is -0.0215. The Bertz CT molecular complexity index is 767. The number of rotatable bonds is 6. The lowest BCUT2D eigenvalue weighted by Gasteiger charge is -2.32. The Labute approximate surface area is 159 Å². The average molecular weight is 371 g/mol. The lowest BCUT2D eigenvalue weighted by molar-refractivity contribution is -0.120. The number of Topliss-reactive ketones (excluding diaryl/α,β-unsaturated/α-hetero) is 1. The summed E-state index contributed by atoms with van der Waals surface area (Å²) in [5.41, 5.74) is 3.26. The summed E-state index contributed by atoms with van der Waals surface area (Å²) in [5.74, 6) is 0.778. The van der Waals surface area contributed by atoms with Gasteiger partial charge >= 0.3 is 0 Å². The molecule has 0 bridgehead atoms. The van der Waals surface area contributed by atoms with Gasteiger partial charge < -0.3 is 10.2 Å². The number of carbonyl (C=O) groups is 2. The predicted molar refractivity (Wildman–Crippen MR) is 107 cm³/mol. The van der Waals surface area contributed by atoms with E-state index in [9.17, 15) is 9.59 Å². The Morgan fingerprint density at radius 3 is 2.65 bits per heavy atom. The second-order valence-electron chi connectivity index (χ2n) is 7.19. The lowest BCUT2D eigenvalue weighted by atomic mass is 9.99. The van der Waals surface area contributed by atoms with Crippen molar-refractivity contribution >= 4 is 28.7 Å². The Kier molecular flexibility index (Phi) is 6.09. The van der Waals surface area contributed by atoms with Crippen LogP contribution in [-0.4, -0.2) is 24.8 Å². The number of piperidine rings is 1. The summed E-state index contributed by atoms with van der Waals surface area (Å²) >= 11 is 1.40. The molecule has 138 valence electrons. The maximum atomic E-state index is 12.1. The first-order valence-electron chi connectivity index (χ1n) is 9.20. The maximum absolute atomic E-state index is 12.1. The number of amides is 1. The third kappa shape index (κ3) is 4.94. The van der Waals surface area contributed by atoms with E-state index in [-0.39, 0.29) is 11.7 Å². The van der Waals surface area contributed by atoms with E-state index in [4.69, 9.17) is 0 Å². The Morgan fingerprint density at radius 1 is 1.23 bits per heavy atom. The molecule has 2 aromatic rings. The van der Waals surface area contributed by atoms with E-state index in [2.05, 4.69) is 41.4 Å². The number of nitrogens with zero attached hydrogens (tertiary/aromatic N) is 1. The van der Waals surface area contributed by atoms with Crippen LogP contribution in [0.5, 0.6) is 0 Å². The van der Waals surface area contributed by atoms with Crippen LogP contribution in [0, 0.1) is 5.92 Å². The highest BCUT2D eigenvalue weighted by atomic mass is 32.1. The van der Waals surface area contributed by atoms with Crippen molar-refractivity contribution in [3.63, 3.8) is 0 Å². The van der Waals surface area contributed by atoms with Gasteiger partial charge in [-0.25, -0.2) is 0 Å². The number of nitrogens with one attached hydrogen (secondary N) is 1. The van der Waals surface area contributed by atoms with Crippen molar-refractivity contribution in [3.8, 4) is 0 Å². The van der Waals surface area contributed by atoms with Gasteiger partial charge in [0.05, 0.1) is 11.3 Å². The Balaban J connectivity index is 1.49. The van der Waals surface area contributed by atoms with Crippen molar-refractivity contribution in [2.45, 2.75) is 39.7 Å². The molecule has 1 N–H and O–H groups in total. The molecule has 26 heavy (non-hydrogen) atoms. The largest absolute Gasteiger partial charge is 0.371 e. The molecule has 0 saturated carbocycles. The zero-order chi connectivity index (χ0) is 18.5. The molecule has 1 fully saturated rings. The second-order valence-corrected chi connectivity index (χ2v) is 8.10. The second kappa shape index (κ2) is 8.49. The van der Waals surface area contributed by atoms with Crippen LogP contribution in [0.2, 0.25) is 0 Å². The third-order valence-electron chi connectivity index (χ3n) is 4.81. The van der Waals surface area contributed by atoms with Gasteiger partial charge in [0.15, 0.2) is 5.78 Å². The van der Waals surface area contributed by atoms with E-state index in [1.807, 2.05) is 5.38 Å². The summed E-state index contributed by atoms with van der Waals surface area (Å²) in [6, 6.07) is 10.3. The summed E-state index contributed by atoms with van der Waals surface area (Å²) in [6.45, 7) is 6.63. The quantitative estimate of drug-likeness (QED) is 0.781. The van der Waals surface area contributed by atoms with Gasteiger partial charge in [-0.1, -0.05) is 19.1 Å². The first-order valence-corrected chi connectivity index (χ1v) is 10.1. The summed E-state index contributed by atoms with van der Waals surface area (Å²) in [7, 11) is 0. The van der Waals surface area contributed by atoms with Crippen LogP contribution in [0.25, 0.3) is 0 Å². The first kappa shape index (κ1) is 18.6. The number of carbonyl (C=O) groups excluding carboxylic acids is 2. The van der Waals surface area contributed by atoms with Gasteiger partial charge in [-0.3, -0.25) is 9.59 Å². The molecule has 5 heteroatoms. The first-order chi connectivity index (χ1) is 12.5. The van der Waals surface area contributed by atoms with Crippen LogP contribution >= 0.6 is 11.3 Å². The van der Waals surface area contributed by atoms with Gasteiger partial charge in [0.1, 0.15) is 0 Å². The van der Waals surface area contributed by atoms with E-state index in [1.54, 1.807) is 13.0 Å². The molecule has 0 spiro atoms. The van der Waals surface area contributed by atoms with Crippen molar-refractivity contribution in [1.29, 1.82) is 0 Å². The van der Waals surface area contributed by atoms with E-state index in [0.717, 1.165) is 30.1 Å². The zero-order valence-electron chi connectivity index (χ0n) is 15.5. The number of ketones is 1. The Hall–Kier alpha value is -2.14. The van der Waals surface area contributed by atoms with Crippen LogP contribution in [0.15, 0.2) is 35.7 Å².